The Kier molecular flexibility index (Phi) is 2.90. The van der Waals surface area contributed by atoms with Crippen molar-refractivity contribution in [2.45, 2.75) is 24.5 Å². The lowest BCUT2D eigenvalue weighted by atomic mass is 10.1. The number of fused-ring (bicyclic) bond motifs is 1. The summed E-state index contributed by atoms with van der Waals surface area (Å²) >= 11 is 0. The minimum absolute atomic E-state index is 0.287. The number of carbonyl (C=O) groups is 1. The van der Waals surface area contributed by atoms with Crippen LogP contribution in [0.5, 0.6) is 0 Å². The molecule has 102 valence electrons. The fourth-order valence-corrected chi connectivity index (χ4v) is 2.22. The van der Waals surface area contributed by atoms with Gasteiger partial charge < -0.3 is 20.1 Å². The summed E-state index contributed by atoms with van der Waals surface area (Å²) in [6.07, 6.45) is -1.92. The van der Waals surface area contributed by atoms with Crippen LogP contribution in [0.3, 0.4) is 0 Å². The average molecular weight is 268 g/mol. The Labute approximate surface area is 107 Å². The Morgan fingerprint density at radius 1 is 1.37 bits per heavy atom. The summed E-state index contributed by atoms with van der Waals surface area (Å²) in [7, 11) is 0. The van der Waals surface area contributed by atoms with Crippen molar-refractivity contribution in [2.75, 3.05) is 6.61 Å². The number of amidine groups is 1. The molecule has 3 aliphatic rings. The first-order valence-corrected chi connectivity index (χ1v) is 5.73. The molecule has 9 heteroatoms. The summed E-state index contributed by atoms with van der Waals surface area (Å²) in [5, 5.41) is 33.8. The molecule has 3 aliphatic heterocycles. The summed E-state index contributed by atoms with van der Waals surface area (Å²) in [6, 6.07) is 0. The molecule has 1 amide bonds. The molecule has 0 aliphatic carbocycles. The van der Waals surface area contributed by atoms with E-state index < -0.39 is 43.0 Å². The Balaban J connectivity index is 1.85. The van der Waals surface area contributed by atoms with Crippen LogP contribution in [0.4, 0.5) is 0 Å². The lowest BCUT2D eigenvalue weighted by Gasteiger charge is -2.26. The summed E-state index contributed by atoms with van der Waals surface area (Å²) in [6.45, 7) is -0.428. The molecule has 19 heavy (non-hydrogen) atoms. The van der Waals surface area contributed by atoms with Crippen LogP contribution in [0.25, 0.3) is 0 Å². The van der Waals surface area contributed by atoms with Crippen LogP contribution in [0, 0.1) is 5.92 Å². The van der Waals surface area contributed by atoms with Crippen LogP contribution in [0.2, 0.25) is 0 Å². The molecular formula is C10H12N4O5. The SMILES string of the molecule is O=C1N=CN=C2C1C=NN2C1O[C@H](CO)[C@@H](O)[C@H]1O. The molecule has 0 aromatic carbocycles. The number of aliphatic hydroxyl groups excluding tert-OH is 3. The summed E-state index contributed by atoms with van der Waals surface area (Å²) in [4.78, 5) is 19.0. The van der Waals surface area contributed by atoms with Crippen molar-refractivity contribution in [3.8, 4) is 0 Å². The van der Waals surface area contributed by atoms with Crippen molar-refractivity contribution in [2.24, 2.45) is 21.0 Å². The normalized spacial score (nSPS) is 40.8. The minimum Gasteiger partial charge on any atom is -0.394 e. The van der Waals surface area contributed by atoms with Gasteiger partial charge in [0.25, 0.3) is 5.91 Å². The van der Waals surface area contributed by atoms with Crippen molar-refractivity contribution in [1.82, 2.24) is 5.01 Å². The Hall–Kier alpha value is -1.68. The van der Waals surface area contributed by atoms with Crippen molar-refractivity contribution in [3.63, 3.8) is 0 Å². The first kappa shape index (κ1) is 12.4. The van der Waals surface area contributed by atoms with Crippen molar-refractivity contribution in [1.29, 1.82) is 0 Å². The first-order valence-electron chi connectivity index (χ1n) is 5.73. The molecule has 0 saturated carbocycles. The predicted molar refractivity (Wildman–Crippen MR) is 62.5 cm³/mol. The second-order valence-electron chi connectivity index (χ2n) is 4.39. The highest BCUT2D eigenvalue weighted by molar-refractivity contribution is 6.21. The number of aliphatic imine (C=N–C) groups is 2. The van der Waals surface area contributed by atoms with Gasteiger partial charge in [-0.2, -0.15) is 5.10 Å². The molecule has 0 aromatic heterocycles. The van der Waals surface area contributed by atoms with E-state index in [1.165, 1.54) is 11.2 Å². The summed E-state index contributed by atoms with van der Waals surface area (Å²) in [5.41, 5.74) is 0. The zero-order valence-corrected chi connectivity index (χ0v) is 9.70. The van der Waals surface area contributed by atoms with Gasteiger partial charge in [0.2, 0.25) is 0 Å². The molecule has 5 atom stereocenters. The number of hydrogen-bond donors (Lipinski definition) is 3. The zero-order chi connectivity index (χ0) is 13.6. The molecule has 0 bridgehead atoms. The fraction of sp³-hybridized carbons (Fsp3) is 0.600. The van der Waals surface area contributed by atoms with E-state index in [0.717, 1.165) is 6.34 Å². The molecule has 0 radical (unpaired) electrons. The number of carbonyl (C=O) groups excluding carboxylic acids is 1. The van der Waals surface area contributed by atoms with Gasteiger partial charge in [-0.15, -0.1) is 0 Å². The van der Waals surface area contributed by atoms with Gasteiger partial charge in [-0.3, -0.25) is 4.79 Å². The largest absolute Gasteiger partial charge is 0.394 e. The quantitative estimate of drug-likeness (QED) is 0.500. The van der Waals surface area contributed by atoms with Gasteiger partial charge in [0, 0.05) is 6.21 Å². The predicted octanol–water partition coefficient (Wildman–Crippen LogP) is -2.69. The van der Waals surface area contributed by atoms with Gasteiger partial charge in [-0.1, -0.05) is 0 Å². The van der Waals surface area contributed by atoms with Crippen LogP contribution in [0.15, 0.2) is 15.1 Å². The van der Waals surface area contributed by atoms with E-state index in [0.29, 0.717) is 0 Å². The van der Waals surface area contributed by atoms with Gasteiger partial charge in [0.15, 0.2) is 6.23 Å². The van der Waals surface area contributed by atoms with Gasteiger partial charge in [0.05, 0.1) is 6.61 Å². The van der Waals surface area contributed by atoms with Gasteiger partial charge in [0.1, 0.15) is 36.4 Å². The van der Waals surface area contributed by atoms with E-state index in [1.54, 1.807) is 0 Å². The summed E-state index contributed by atoms with van der Waals surface area (Å²) < 4.78 is 5.33. The Morgan fingerprint density at radius 3 is 2.84 bits per heavy atom. The van der Waals surface area contributed by atoms with Crippen LogP contribution in [0.1, 0.15) is 0 Å². The van der Waals surface area contributed by atoms with E-state index in [1.807, 2.05) is 0 Å². The number of aliphatic hydroxyl groups is 3. The molecule has 0 aromatic rings. The third kappa shape index (κ3) is 1.78. The number of rotatable bonds is 2. The molecule has 1 saturated heterocycles. The highest BCUT2D eigenvalue weighted by atomic mass is 16.6. The minimum atomic E-state index is -1.26. The summed E-state index contributed by atoms with van der Waals surface area (Å²) in [5.74, 6) is -0.802. The second-order valence-corrected chi connectivity index (χ2v) is 4.39. The number of amides is 1. The van der Waals surface area contributed by atoms with Crippen LogP contribution >= 0.6 is 0 Å². The van der Waals surface area contributed by atoms with Crippen LogP contribution in [-0.2, 0) is 9.53 Å². The molecular weight excluding hydrogens is 256 g/mol. The molecule has 3 N–H and O–H groups in total. The molecule has 9 nitrogen and oxygen atoms in total. The highest BCUT2D eigenvalue weighted by Crippen LogP contribution is 2.28. The van der Waals surface area contributed by atoms with E-state index in [-0.39, 0.29) is 5.84 Å². The Bertz CT molecular complexity index is 490. The van der Waals surface area contributed by atoms with Crippen molar-refractivity contribution < 1.29 is 24.9 Å². The molecule has 1 fully saturated rings. The highest BCUT2D eigenvalue weighted by Gasteiger charge is 2.49. The van der Waals surface area contributed by atoms with E-state index >= 15 is 0 Å². The average Bonchev–Trinajstić information content (AvgIpc) is 2.94. The maximum atomic E-state index is 11.5. The third-order valence-corrected chi connectivity index (χ3v) is 3.25. The molecule has 3 heterocycles. The number of hydrazone groups is 1. The Morgan fingerprint density at radius 2 is 2.16 bits per heavy atom. The fourth-order valence-electron chi connectivity index (χ4n) is 2.22. The molecule has 2 unspecified atom stereocenters. The maximum absolute atomic E-state index is 11.5. The van der Waals surface area contributed by atoms with Gasteiger partial charge in [-0.05, 0) is 0 Å². The lowest BCUT2D eigenvalue weighted by Crippen LogP contribution is -2.45. The molecule has 0 spiro atoms. The lowest BCUT2D eigenvalue weighted by molar-refractivity contribution is -0.118. The molecule has 3 rings (SSSR count). The number of hydrogen-bond acceptors (Lipinski definition) is 8. The van der Waals surface area contributed by atoms with E-state index in [2.05, 4.69) is 15.1 Å². The maximum Gasteiger partial charge on any atom is 0.263 e. The number of ether oxygens (including phenoxy) is 1. The van der Waals surface area contributed by atoms with Gasteiger partial charge >= 0.3 is 0 Å². The van der Waals surface area contributed by atoms with E-state index in [4.69, 9.17) is 9.84 Å². The second kappa shape index (κ2) is 4.46. The monoisotopic (exact) mass is 268 g/mol. The number of nitrogens with zero attached hydrogens (tertiary/aromatic N) is 4. The topological polar surface area (TPSA) is 127 Å². The smallest absolute Gasteiger partial charge is 0.263 e. The van der Waals surface area contributed by atoms with E-state index in [9.17, 15) is 15.0 Å². The zero-order valence-electron chi connectivity index (χ0n) is 9.70. The van der Waals surface area contributed by atoms with Crippen molar-refractivity contribution >= 4 is 24.3 Å². The van der Waals surface area contributed by atoms with Crippen LogP contribution in [-0.4, -0.2) is 75.8 Å². The standard InChI is InChI=1S/C10H12N4O5/c15-2-5-6(16)7(17)10(19-5)14-8-4(1-13-14)9(18)12-3-11-8/h1,3-7,10,15-17H,2H2/t4?,5-,6-,7-,10?/m1/s1. The van der Waals surface area contributed by atoms with Crippen LogP contribution < -0.4 is 0 Å². The first-order chi connectivity index (χ1) is 9.13. The van der Waals surface area contributed by atoms with Gasteiger partial charge in [-0.25, -0.2) is 15.0 Å². The third-order valence-electron chi connectivity index (χ3n) is 3.25. The van der Waals surface area contributed by atoms with Crippen molar-refractivity contribution in [3.05, 3.63) is 0 Å².